The van der Waals surface area contributed by atoms with Crippen LogP contribution in [0.5, 0.6) is 0 Å². The molecule has 1 N–H and O–H groups in total. The maximum absolute atomic E-state index is 11.5. The van der Waals surface area contributed by atoms with Crippen LogP contribution in [-0.4, -0.2) is 11.4 Å². The number of thiophene rings is 1. The van der Waals surface area contributed by atoms with Gasteiger partial charge >= 0.3 is 0 Å². The van der Waals surface area contributed by atoms with Crippen molar-refractivity contribution in [3.8, 4) is 0 Å². The van der Waals surface area contributed by atoms with Crippen LogP contribution in [0.3, 0.4) is 0 Å². The van der Waals surface area contributed by atoms with Gasteiger partial charge in [-0.2, -0.15) is 0 Å². The molecule has 1 aliphatic carbocycles. The number of carbonyl (C=O) groups excluding carboxylic acids is 1. The van der Waals surface area contributed by atoms with E-state index in [4.69, 9.17) is 0 Å². The van der Waals surface area contributed by atoms with Crippen molar-refractivity contribution in [2.45, 2.75) is 25.3 Å². The van der Waals surface area contributed by atoms with Crippen molar-refractivity contribution in [3.05, 3.63) is 26.9 Å². The first-order valence-corrected chi connectivity index (χ1v) is 6.44. The Balaban J connectivity index is 1.90. The van der Waals surface area contributed by atoms with Gasteiger partial charge < -0.3 is 5.32 Å². The summed E-state index contributed by atoms with van der Waals surface area (Å²) in [7, 11) is 0. The Kier molecular flexibility index (Phi) is 2.98. The van der Waals surface area contributed by atoms with Crippen LogP contribution < -0.4 is 5.32 Å². The van der Waals surface area contributed by atoms with E-state index in [-0.39, 0.29) is 11.4 Å². The zero-order valence-corrected chi connectivity index (χ0v) is 10.8. The Bertz CT molecular complexity index is 406. The van der Waals surface area contributed by atoms with Gasteiger partial charge in [-0.25, -0.2) is 0 Å². The molecule has 0 spiro atoms. The van der Waals surface area contributed by atoms with Gasteiger partial charge in [0.2, 0.25) is 5.91 Å². The lowest BCUT2D eigenvalue weighted by Crippen LogP contribution is -2.32. The van der Waals surface area contributed by atoms with Crippen LogP contribution in [0.15, 0.2) is 22.0 Å². The van der Waals surface area contributed by atoms with Gasteiger partial charge in [-0.15, -0.1) is 11.3 Å². The smallest absolute Gasteiger partial charge is 0.244 e. The van der Waals surface area contributed by atoms with Gasteiger partial charge in [-0.1, -0.05) is 0 Å². The van der Waals surface area contributed by atoms with Crippen LogP contribution >= 0.6 is 27.3 Å². The van der Waals surface area contributed by atoms with Crippen LogP contribution in [0.4, 0.5) is 0 Å². The SMILES string of the molecule is CC1(NC(=O)C=Cc2ccc(Br)s2)CC1. The molecule has 0 radical (unpaired) electrons. The van der Waals surface area contributed by atoms with Gasteiger partial charge in [0, 0.05) is 16.5 Å². The highest BCUT2D eigenvalue weighted by molar-refractivity contribution is 9.11. The zero-order valence-electron chi connectivity index (χ0n) is 8.42. The summed E-state index contributed by atoms with van der Waals surface area (Å²) in [5.41, 5.74) is 0.0669. The largest absolute Gasteiger partial charge is 0.347 e. The van der Waals surface area contributed by atoms with Crippen molar-refractivity contribution < 1.29 is 4.79 Å². The lowest BCUT2D eigenvalue weighted by atomic mass is 10.3. The first kappa shape index (κ1) is 10.9. The van der Waals surface area contributed by atoms with E-state index in [9.17, 15) is 4.79 Å². The second-order valence-electron chi connectivity index (χ2n) is 4.03. The van der Waals surface area contributed by atoms with Gasteiger partial charge in [-0.3, -0.25) is 4.79 Å². The lowest BCUT2D eigenvalue weighted by molar-refractivity contribution is -0.117. The summed E-state index contributed by atoms with van der Waals surface area (Å²) in [5, 5.41) is 2.97. The third-order valence-electron chi connectivity index (χ3n) is 2.42. The molecule has 0 bridgehead atoms. The average molecular weight is 286 g/mol. The van der Waals surface area contributed by atoms with Gasteiger partial charge in [0.25, 0.3) is 0 Å². The zero-order chi connectivity index (χ0) is 10.9. The molecule has 1 aromatic rings. The highest BCUT2D eigenvalue weighted by atomic mass is 79.9. The van der Waals surface area contributed by atoms with E-state index in [1.807, 2.05) is 18.2 Å². The highest BCUT2D eigenvalue weighted by Crippen LogP contribution is 2.34. The number of hydrogen-bond acceptors (Lipinski definition) is 2. The van der Waals surface area contributed by atoms with Crippen LogP contribution in [-0.2, 0) is 4.79 Å². The average Bonchev–Trinajstić information content (AvgIpc) is 2.74. The Labute approximate surface area is 102 Å². The molecule has 1 saturated carbocycles. The first-order chi connectivity index (χ1) is 7.07. The Morgan fingerprint density at radius 2 is 2.33 bits per heavy atom. The van der Waals surface area contributed by atoms with Crippen LogP contribution in [0, 0.1) is 0 Å². The number of hydrogen-bond donors (Lipinski definition) is 1. The summed E-state index contributed by atoms with van der Waals surface area (Å²) in [6.45, 7) is 2.07. The van der Waals surface area contributed by atoms with Gasteiger partial charge in [0.1, 0.15) is 0 Å². The van der Waals surface area contributed by atoms with Crippen LogP contribution in [0.2, 0.25) is 0 Å². The molecule has 1 amide bonds. The van der Waals surface area contributed by atoms with E-state index in [0.29, 0.717) is 0 Å². The molecule has 4 heteroatoms. The Morgan fingerprint density at radius 1 is 1.60 bits per heavy atom. The third-order valence-corrected chi connectivity index (χ3v) is 4.01. The van der Waals surface area contributed by atoms with Crippen molar-refractivity contribution in [2.75, 3.05) is 0 Å². The van der Waals surface area contributed by atoms with Gasteiger partial charge in [-0.05, 0) is 53.9 Å². The normalized spacial score (nSPS) is 18.0. The monoisotopic (exact) mass is 285 g/mol. The number of nitrogens with one attached hydrogen (secondary N) is 1. The summed E-state index contributed by atoms with van der Waals surface area (Å²) >= 11 is 5.00. The molecule has 1 aliphatic rings. The maximum Gasteiger partial charge on any atom is 0.244 e. The van der Waals surface area contributed by atoms with Crippen molar-refractivity contribution in [2.24, 2.45) is 0 Å². The minimum atomic E-state index is -0.000442. The topological polar surface area (TPSA) is 29.1 Å². The first-order valence-electron chi connectivity index (χ1n) is 4.83. The highest BCUT2D eigenvalue weighted by Gasteiger charge is 2.38. The molecule has 1 heterocycles. The van der Waals surface area contributed by atoms with Crippen molar-refractivity contribution >= 4 is 39.2 Å². The number of rotatable bonds is 3. The fourth-order valence-electron chi connectivity index (χ4n) is 1.23. The number of halogens is 1. The van der Waals surface area contributed by atoms with E-state index in [1.54, 1.807) is 17.4 Å². The van der Waals surface area contributed by atoms with E-state index in [1.165, 1.54) is 0 Å². The molecule has 0 unspecified atom stereocenters. The molecular formula is C11H12BrNOS. The van der Waals surface area contributed by atoms with E-state index in [2.05, 4.69) is 28.2 Å². The van der Waals surface area contributed by atoms with Crippen molar-refractivity contribution in [3.63, 3.8) is 0 Å². The van der Waals surface area contributed by atoms with Gasteiger partial charge in [0.15, 0.2) is 0 Å². The summed E-state index contributed by atoms with van der Waals surface area (Å²) < 4.78 is 1.08. The molecular weight excluding hydrogens is 274 g/mol. The minimum Gasteiger partial charge on any atom is -0.347 e. The molecule has 0 aromatic carbocycles. The number of carbonyl (C=O) groups is 1. The minimum absolute atomic E-state index is 0.000442. The Hall–Kier alpha value is -0.610. The molecule has 0 aliphatic heterocycles. The molecule has 80 valence electrons. The molecule has 2 rings (SSSR count). The van der Waals surface area contributed by atoms with E-state index >= 15 is 0 Å². The predicted octanol–water partition coefficient (Wildman–Crippen LogP) is 3.19. The lowest BCUT2D eigenvalue weighted by Gasteiger charge is -2.07. The Morgan fingerprint density at radius 3 is 2.87 bits per heavy atom. The second kappa shape index (κ2) is 4.10. The molecule has 2 nitrogen and oxygen atoms in total. The third kappa shape index (κ3) is 3.18. The van der Waals surface area contributed by atoms with Crippen LogP contribution in [0.1, 0.15) is 24.6 Å². The van der Waals surface area contributed by atoms with Crippen LogP contribution in [0.25, 0.3) is 6.08 Å². The molecule has 0 saturated heterocycles. The summed E-state index contributed by atoms with van der Waals surface area (Å²) in [5.74, 6) is -0.000442. The summed E-state index contributed by atoms with van der Waals surface area (Å²) in [4.78, 5) is 12.6. The van der Waals surface area contributed by atoms with Crippen molar-refractivity contribution in [1.29, 1.82) is 0 Å². The fourth-order valence-corrected chi connectivity index (χ4v) is 2.55. The predicted molar refractivity (Wildman–Crippen MR) is 66.8 cm³/mol. The standard InChI is InChI=1S/C11H12BrNOS/c1-11(6-7-11)13-10(14)5-3-8-2-4-9(12)15-8/h2-5H,6-7H2,1H3,(H,13,14). The number of amides is 1. The maximum atomic E-state index is 11.5. The van der Waals surface area contributed by atoms with Crippen molar-refractivity contribution in [1.82, 2.24) is 5.32 Å². The summed E-state index contributed by atoms with van der Waals surface area (Å²) in [6.07, 6.45) is 5.63. The second-order valence-corrected chi connectivity index (χ2v) is 6.52. The van der Waals surface area contributed by atoms with E-state index in [0.717, 1.165) is 21.5 Å². The summed E-state index contributed by atoms with van der Waals surface area (Å²) in [6, 6.07) is 3.96. The fraction of sp³-hybridized carbons (Fsp3) is 0.364. The molecule has 0 atom stereocenters. The van der Waals surface area contributed by atoms with E-state index < -0.39 is 0 Å². The molecule has 1 aromatic heterocycles. The quantitative estimate of drug-likeness (QED) is 0.849. The molecule has 15 heavy (non-hydrogen) atoms. The molecule has 1 fully saturated rings. The van der Waals surface area contributed by atoms with Gasteiger partial charge in [0.05, 0.1) is 3.79 Å².